The Labute approximate surface area is 146 Å². The van der Waals surface area contributed by atoms with Gasteiger partial charge in [0.1, 0.15) is 0 Å². The van der Waals surface area contributed by atoms with Crippen molar-refractivity contribution in [2.45, 2.75) is 0 Å². The van der Waals surface area contributed by atoms with Crippen molar-refractivity contribution >= 4 is 62.9 Å². The Bertz CT molecular complexity index is 732. The Morgan fingerprint density at radius 1 is 1.14 bits per heavy atom. The van der Waals surface area contributed by atoms with Crippen molar-refractivity contribution in [1.82, 2.24) is 10.3 Å². The number of pyridine rings is 1. The number of rotatable bonds is 2. The number of carbonyl (C=O) groups is 1. The smallest absolute Gasteiger partial charge is 0.264 e. The predicted molar refractivity (Wildman–Crippen MR) is 96.4 cm³/mol. The molecule has 4 nitrogen and oxygen atoms in total. The average molecular weight is 397 g/mol. The number of benzene rings is 1. The lowest BCUT2D eigenvalue weighted by Gasteiger charge is -1.96. The molecule has 1 saturated heterocycles. The Morgan fingerprint density at radius 2 is 1.82 bits per heavy atom. The van der Waals surface area contributed by atoms with Crippen molar-refractivity contribution in [3.63, 3.8) is 0 Å². The number of nitrogens with zero attached hydrogens (tertiary/aromatic N) is 2. The zero-order chi connectivity index (χ0) is 14.7. The number of nitrogens with one attached hydrogen (secondary N) is 1. The van der Waals surface area contributed by atoms with Crippen LogP contribution < -0.4 is 5.32 Å². The second-order valence-corrected chi connectivity index (χ2v) is 6.19. The largest absolute Gasteiger partial charge is 0.300 e. The number of thioether (sulfide) groups is 1. The number of carbonyl (C=O) groups excluding carboxylic acids is 1. The first-order valence-corrected chi connectivity index (χ1v) is 7.77. The summed E-state index contributed by atoms with van der Waals surface area (Å²) in [7, 11) is 0. The van der Waals surface area contributed by atoms with E-state index in [4.69, 9.17) is 0 Å². The fourth-order valence-corrected chi connectivity index (χ4v) is 2.83. The van der Waals surface area contributed by atoms with E-state index in [9.17, 15) is 4.79 Å². The van der Waals surface area contributed by atoms with Gasteiger partial charge < -0.3 is 5.32 Å². The molecule has 1 fully saturated rings. The van der Waals surface area contributed by atoms with E-state index >= 15 is 0 Å². The van der Waals surface area contributed by atoms with Crippen molar-refractivity contribution in [3.05, 3.63) is 63.7 Å². The highest BCUT2D eigenvalue weighted by molar-refractivity contribution is 9.10. The van der Waals surface area contributed by atoms with Gasteiger partial charge in [-0.25, -0.2) is 4.99 Å². The Kier molecular flexibility index (Phi) is 5.76. The van der Waals surface area contributed by atoms with E-state index in [2.05, 4.69) is 31.2 Å². The summed E-state index contributed by atoms with van der Waals surface area (Å²) in [6, 6.07) is 11.3. The van der Waals surface area contributed by atoms with Crippen LogP contribution in [0.2, 0.25) is 0 Å². The third-order valence-corrected chi connectivity index (χ3v) is 4.15. The van der Waals surface area contributed by atoms with Crippen LogP contribution in [0.5, 0.6) is 0 Å². The Balaban J connectivity index is 0.00000176. The first kappa shape index (κ1) is 16.7. The van der Waals surface area contributed by atoms with Crippen LogP contribution in [0.15, 0.2) is 63.2 Å². The predicted octanol–water partition coefficient (Wildman–Crippen LogP) is 4.16. The lowest BCUT2D eigenvalue weighted by molar-refractivity contribution is -0.115. The summed E-state index contributed by atoms with van der Waals surface area (Å²) in [5.41, 5.74) is 1.73. The van der Waals surface area contributed by atoms with Crippen LogP contribution in [0.4, 0.5) is 5.69 Å². The quantitative estimate of drug-likeness (QED) is 0.776. The molecule has 1 aromatic heterocycles. The van der Waals surface area contributed by atoms with Crippen LogP contribution >= 0.6 is 40.1 Å². The van der Waals surface area contributed by atoms with Crippen molar-refractivity contribution in [3.8, 4) is 0 Å². The number of amides is 1. The van der Waals surface area contributed by atoms with Crippen molar-refractivity contribution < 1.29 is 4.79 Å². The minimum atomic E-state index is -0.132. The van der Waals surface area contributed by atoms with Crippen LogP contribution in [-0.2, 0) is 4.79 Å². The summed E-state index contributed by atoms with van der Waals surface area (Å²) in [5.74, 6) is -0.132. The molecule has 0 spiro atoms. The molecule has 1 aromatic carbocycles. The second-order valence-electron chi connectivity index (χ2n) is 4.24. The third kappa shape index (κ3) is 4.19. The molecule has 0 radical (unpaired) electrons. The Morgan fingerprint density at radius 3 is 2.50 bits per heavy atom. The number of aromatic nitrogens is 1. The van der Waals surface area contributed by atoms with Crippen molar-refractivity contribution in [1.29, 1.82) is 0 Å². The van der Waals surface area contributed by atoms with Gasteiger partial charge in [-0.1, -0.05) is 15.9 Å². The molecule has 2 heterocycles. The summed E-state index contributed by atoms with van der Waals surface area (Å²) in [6.45, 7) is 0. The molecule has 0 atom stereocenters. The molecular formula is C15H11BrClN3OS. The molecule has 1 aliphatic rings. The summed E-state index contributed by atoms with van der Waals surface area (Å²) >= 11 is 4.71. The number of aliphatic imine (C=N–C) groups is 1. The lowest BCUT2D eigenvalue weighted by atomic mass is 10.2. The van der Waals surface area contributed by atoms with Crippen LogP contribution in [-0.4, -0.2) is 16.1 Å². The van der Waals surface area contributed by atoms with Gasteiger partial charge in [0.25, 0.3) is 5.91 Å². The van der Waals surface area contributed by atoms with Gasteiger partial charge in [-0.05, 0) is 59.8 Å². The number of hydrogen-bond donors (Lipinski definition) is 1. The number of halogens is 2. The summed E-state index contributed by atoms with van der Waals surface area (Å²) in [6.07, 6.45) is 5.22. The SMILES string of the molecule is Cl.O=C1NC(=Nc2ccc(Br)cc2)S/C1=C\c1ccncc1. The monoisotopic (exact) mass is 395 g/mol. The molecule has 0 unspecified atom stereocenters. The van der Waals surface area contributed by atoms with Gasteiger partial charge in [0.15, 0.2) is 5.17 Å². The molecular weight excluding hydrogens is 386 g/mol. The zero-order valence-corrected chi connectivity index (χ0v) is 14.4. The van der Waals surface area contributed by atoms with Crippen LogP contribution in [0.25, 0.3) is 6.08 Å². The minimum Gasteiger partial charge on any atom is -0.300 e. The third-order valence-electron chi connectivity index (χ3n) is 2.71. The molecule has 2 aromatic rings. The summed E-state index contributed by atoms with van der Waals surface area (Å²) in [5, 5.41) is 3.35. The van der Waals surface area contributed by atoms with Gasteiger partial charge in [-0.15, -0.1) is 12.4 Å². The molecule has 112 valence electrons. The number of hydrogen-bond acceptors (Lipinski definition) is 4. The molecule has 3 rings (SSSR count). The standard InChI is InChI=1S/C15H10BrN3OS.ClH/c16-11-1-3-12(4-2-11)18-15-19-14(20)13(21-15)9-10-5-7-17-8-6-10;/h1-9H,(H,18,19,20);1H/b13-9-;. The van der Waals surface area contributed by atoms with Gasteiger partial charge in [0, 0.05) is 16.9 Å². The van der Waals surface area contributed by atoms with Gasteiger partial charge in [-0.3, -0.25) is 9.78 Å². The zero-order valence-electron chi connectivity index (χ0n) is 11.2. The number of amidine groups is 1. The topological polar surface area (TPSA) is 54.4 Å². The molecule has 1 N–H and O–H groups in total. The summed E-state index contributed by atoms with van der Waals surface area (Å²) in [4.78, 5) is 20.9. The highest BCUT2D eigenvalue weighted by Crippen LogP contribution is 2.28. The summed E-state index contributed by atoms with van der Waals surface area (Å²) < 4.78 is 0.993. The van der Waals surface area contributed by atoms with Gasteiger partial charge in [0.05, 0.1) is 10.6 Å². The maximum absolute atomic E-state index is 11.9. The highest BCUT2D eigenvalue weighted by atomic mass is 79.9. The molecule has 1 amide bonds. The molecule has 0 saturated carbocycles. The minimum absolute atomic E-state index is 0. The van der Waals surface area contributed by atoms with E-state index in [0.29, 0.717) is 10.1 Å². The van der Waals surface area contributed by atoms with Gasteiger partial charge >= 0.3 is 0 Å². The fraction of sp³-hybridized carbons (Fsp3) is 0. The molecule has 0 bridgehead atoms. The van der Waals surface area contributed by atoms with E-state index < -0.39 is 0 Å². The molecule has 1 aliphatic heterocycles. The van der Waals surface area contributed by atoms with E-state index in [-0.39, 0.29) is 18.3 Å². The van der Waals surface area contributed by atoms with Gasteiger partial charge in [-0.2, -0.15) is 0 Å². The maximum atomic E-state index is 11.9. The van der Waals surface area contributed by atoms with Gasteiger partial charge in [0.2, 0.25) is 0 Å². The normalized spacial score (nSPS) is 17.4. The van der Waals surface area contributed by atoms with Crippen molar-refractivity contribution in [2.75, 3.05) is 0 Å². The first-order chi connectivity index (χ1) is 10.2. The van der Waals surface area contributed by atoms with E-state index in [1.54, 1.807) is 12.4 Å². The fourth-order valence-electron chi connectivity index (χ4n) is 1.72. The van der Waals surface area contributed by atoms with Crippen LogP contribution in [0, 0.1) is 0 Å². The van der Waals surface area contributed by atoms with Crippen LogP contribution in [0.3, 0.4) is 0 Å². The average Bonchev–Trinajstić information content (AvgIpc) is 2.82. The Hall–Kier alpha value is -1.63. The van der Waals surface area contributed by atoms with E-state index in [1.807, 2.05) is 42.5 Å². The molecule has 22 heavy (non-hydrogen) atoms. The van der Waals surface area contributed by atoms with Crippen molar-refractivity contribution in [2.24, 2.45) is 4.99 Å². The van der Waals surface area contributed by atoms with E-state index in [0.717, 1.165) is 15.7 Å². The molecule has 7 heteroatoms. The van der Waals surface area contributed by atoms with E-state index in [1.165, 1.54) is 11.8 Å². The molecule has 0 aliphatic carbocycles. The van der Waals surface area contributed by atoms with Crippen LogP contribution in [0.1, 0.15) is 5.56 Å². The maximum Gasteiger partial charge on any atom is 0.264 e. The lowest BCUT2D eigenvalue weighted by Crippen LogP contribution is -2.19. The first-order valence-electron chi connectivity index (χ1n) is 6.16. The highest BCUT2D eigenvalue weighted by Gasteiger charge is 2.23. The second kappa shape index (κ2) is 7.58.